The van der Waals surface area contributed by atoms with E-state index in [-0.39, 0.29) is 6.61 Å². The Morgan fingerprint density at radius 2 is 1.73 bits per heavy atom. The van der Waals surface area contributed by atoms with Crippen LogP contribution in [-0.4, -0.2) is 27.1 Å². The molecule has 4 rings (SSSR count). The number of ether oxygens (including phenoxy) is 1. The number of hydrogen-bond acceptors (Lipinski definition) is 4. The molecule has 0 fully saturated rings. The highest BCUT2D eigenvalue weighted by Gasteiger charge is 2.25. The predicted molar refractivity (Wildman–Crippen MR) is 102 cm³/mol. The van der Waals surface area contributed by atoms with Crippen LogP contribution in [-0.2, 0) is 11.8 Å². The van der Waals surface area contributed by atoms with Gasteiger partial charge in [-0.3, -0.25) is 0 Å². The van der Waals surface area contributed by atoms with Gasteiger partial charge in [0.2, 0.25) is 0 Å². The van der Waals surface area contributed by atoms with Crippen molar-refractivity contribution in [1.29, 1.82) is 0 Å². The van der Waals surface area contributed by atoms with Gasteiger partial charge >= 0.3 is 5.97 Å². The number of benzene rings is 2. The van der Waals surface area contributed by atoms with E-state index in [1.165, 1.54) is 0 Å². The Balaban J connectivity index is 2.09. The Bertz CT molecular complexity index is 1130. The fraction of sp³-hybridized carbons (Fsp3) is 0.150. The summed E-state index contributed by atoms with van der Waals surface area (Å²) >= 11 is 6.02. The van der Waals surface area contributed by atoms with Crippen LogP contribution in [0, 0.1) is 0 Å². The summed E-state index contributed by atoms with van der Waals surface area (Å²) in [4.78, 5) is 22.1. The fourth-order valence-corrected chi connectivity index (χ4v) is 3.25. The van der Waals surface area contributed by atoms with Crippen LogP contribution in [0.5, 0.6) is 0 Å². The van der Waals surface area contributed by atoms with Crippen molar-refractivity contribution in [2.24, 2.45) is 7.05 Å². The Morgan fingerprint density at radius 3 is 2.38 bits per heavy atom. The van der Waals surface area contributed by atoms with Crippen LogP contribution in [0.2, 0.25) is 5.02 Å². The second-order valence-corrected chi connectivity index (χ2v) is 6.33. The molecule has 0 aliphatic rings. The molecule has 0 radical (unpaired) electrons. The molecule has 0 N–H and O–H groups in total. The Kier molecular flexibility index (Phi) is 4.09. The summed E-state index contributed by atoms with van der Waals surface area (Å²) in [6.07, 6.45) is 0. The van der Waals surface area contributed by atoms with Gasteiger partial charge < -0.3 is 9.30 Å². The molecule has 0 atom stereocenters. The monoisotopic (exact) mass is 365 g/mol. The molecule has 0 unspecified atom stereocenters. The van der Waals surface area contributed by atoms with E-state index < -0.39 is 5.97 Å². The standard InChI is InChI=1S/C20H16ClN3O2/c1-3-26-20(25)16-17-19(23-15-7-5-4-6-14(15)22-17)24(2)18(16)12-8-10-13(21)11-9-12/h4-11H,3H2,1-2H3. The highest BCUT2D eigenvalue weighted by Crippen LogP contribution is 2.33. The van der Waals surface area contributed by atoms with E-state index >= 15 is 0 Å². The maximum atomic E-state index is 12.7. The van der Waals surface area contributed by atoms with Crippen molar-refractivity contribution in [3.05, 3.63) is 59.1 Å². The van der Waals surface area contributed by atoms with Crippen molar-refractivity contribution in [3.63, 3.8) is 0 Å². The van der Waals surface area contributed by atoms with Gasteiger partial charge in [0.15, 0.2) is 5.65 Å². The smallest absolute Gasteiger partial charge is 0.342 e. The lowest BCUT2D eigenvalue weighted by atomic mass is 10.1. The predicted octanol–water partition coefficient (Wildman–Crippen LogP) is 4.62. The molecular formula is C20H16ClN3O2. The largest absolute Gasteiger partial charge is 0.462 e. The molecule has 26 heavy (non-hydrogen) atoms. The van der Waals surface area contributed by atoms with Crippen LogP contribution >= 0.6 is 11.6 Å². The lowest BCUT2D eigenvalue weighted by Crippen LogP contribution is -2.07. The number of esters is 1. The SMILES string of the molecule is CCOC(=O)c1c(-c2ccc(Cl)cc2)n(C)c2nc3ccccc3nc12. The molecule has 0 amide bonds. The van der Waals surface area contributed by atoms with E-state index in [1.807, 2.05) is 48.0 Å². The first-order valence-corrected chi connectivity index (χ1v) is 8.66. The number of hydrogen-bond donors (Lipinski definition) is 0. The minimum absolute atomic E-state index is 0.288. The lowest BCUT2D eigenvalue weighted by Gasteiger charge is -2.07. The molecule has 0 aliphatic heterocycles. The van der Waals surface area contributed by atoms with Gasteiger partial charge in [-0.15, -0.1) is 0 Å². The van der Waals surface area contributed by atoms with Crippen LogP contribution in [0.3, 0.4) is 0 Å². The van der Waals surface area contributed by atoms with Gasteiger partial charge in [-0.2, -0.15) is 0 Å². The minimum Gasteiger partial charge on any atom is -0.462 e. The third-order valence-corrected chi connectivity index (χ3v) is 4.53. The van der Waals surface area contributed by atoms with E-state index in [2.05, 4.69) is 0 Å². The summed E-state index contributed by atoms with van der Waals surface area (Å²) in [5, 5.41) is 0.632. The minimum atomic E-state index is -0.410. The molecule has 2 heterocycles. The molecule has 2 aromatic carbocycles. The molecule has 6 heteroatoms. The zero-order valence-electron chi connectivity index (χ0n) is 14.4. The molecule has 0 spiro atoms. The van der Waals surface area contributed by atoms with Gasteiger partial charge in [0.1, 0.15) is 11.1 Å². The highest BCUT2D eigenvalue weighted by atomic mass is 35.5. The van der Waals surface area contributed by atoms with Gasteiger partial charge in [0.05, 0.1) is 23.3 Å². The molecule has 0 saturated carbocycles. The second kappa shape index (κ2) is 6.42. The third kappa shape index (κ3) is 2.61. The van der Waals surface area contributed by atoms with E-state index in [9.17, 15) is 4.79 Å². The van der Waals surface area contributed by atoms with E-state index in [0.29, 0.717) is 27.4 Å². The van der Waals surface area contributed by atoms with E-state index in [4.69, 9.17) is 26.3 Å². The number of aryl methyl sites for hydroxylation is 1. The van der Waals surface area contributed by atoms with E-state index in [1.54, 1.807) is 19.1 Å². The summed E-state index contributed by atoms with van der Waals surface area (Å²) in [6.45, 7) is 2.07. The average Bonchev–Trinajstić information content (AvgIpc) is 2.93. The van der Waals surface area contributed by atoms with Crippen LogP contribution < -0.4 is 0 Å². The van der Waals surface area contributed by atoms with Crippen molar-refractivity contribution in [3.8, 4) is 11.3 Å². The number of aromatic nitrogens is 3. The molecule has 5 nitrogen and oxygen atoms in total. The quantitative estimate of drug-likeness (QED) is 0.497. The third-order valence-electron chi connectivity index (χ3n) is 4.28. The van der Waals surface area contributed by atoms with Crippen LogP contribution in [0.15, 0.2) is 48.5 Å². The number of fused-ring (bicyclic) bond motifs is 2. The zero-order chi connectivity index (χ0) is 18.3. The highest BCUT2D eigenvalue weighted by molar-refractivity contribution is 6.30. The molecule has 0 saturated heterocycles. The Morgan fingerprint density at radius 1 is 1.08 bits per heavy atom. The van der Waals surface area contributed by atoms with Gasteiger partial charge in [0.25, 0.3) is 0 Å². The lowest BCUT2D eigenvalue weighted by molar-refractivity contribution is 0.0529. The molecular weight excluding hydrogens is 350 g/mol. The maximum Gasteiger partial charge on any atom is 0.342 e. The summed E-state index contributed by atoms with van der Waals surface area (Å²) in [6, 6.07) is 14.9. The fourth-order valence-electron chi connectivity index (χ4n) is 3.12. The van der Waals surface area contributed by atoms with Crippen LogP contribution in [0.4, 0.5) is 0 Å². The Labute approximate surface area is 155 Å². The number of para-hydroxylation sites is 2. The van der Waals surface area contributed by atoms with Crippen LogP contribution in [0.1, 0.15) is 17.3 Å². The number of rotatable bonds is 3. The second-order valence-electron chi connectivity index (χ2n) is 5.89. The molecule has 2 aromatic heterocycles. The number of carbonyl (C=O) groups excluding carboxylic acids is 1. The summed E-state index contributed by atoms with van der Waals surface area (Å²) < 4.78 is 7.18. The maximum absolute atomic E-state index is 12.7. The number of nitrogens with zero attached hydrogens (tertiary/aromatic N) is 3. The Hall–Kier alpha value is -2.92. The van der Waals surface area contributed by atoms with Crippen molar-refractivity contribution in [1.82, 2.24) is 14.5 Å². The molecule has 0 bridgehead atoms. The topological polar surface area (TPSA) is 57.0 Å². The van der Waals surface area contributed by atoms with E-state index in [0.717, 1.165) is 16.6 Å². The van der Waals surface area contributed by atoms with Crippen molar-refractivity contribution in [2.75, 3.05) is 6.61 Å². The van der Waals surface area contributed by atoms with Crippen molar-refractivity contribution < 1.29 is 9.53 Å². The summed E-state index contributed by atoms with van der Waals surface area (Å²) in [5.41, 5.74) is 4.67. The first-order chi connectivity index (χ1) is 12.6. The zero-order valence-corrected chi connectivity index (χ0v) is 15.1. The molecule has 4 aromatic rings. The number of halogens is 1. The summed E-state index contributed by atoms with van der Waals surface area (Å²) in [5.74, 6) is -0.410. The first kappa shape index (κ1) is 16.5. The first-order valence-electron chi connectivity index (χ1n) is 8.28. The van der Waals surface area contributed by atoms with Crippen molar-refractivity contribution >= 4 is 39.8 Å². The van der Waals surface area contributed by atoms with Gasteiger partial charge in [-0.05, 0) is 36.8 Å². The van der Waals surface area contributed by atoms with Gasteiger partial charge in [-0.1, -0.05) is 35.9 Å². The average molecular weight is 366 g/mol. The van der Waals surface area contributed by atoms with Gasteiger partial charge in [0, 0.05) is 12.1 Å². The molecule has 130 valence electrons. The molecule has 0 aliphatic carbocycles. The summed E-state index contributed by atoms with van der Waals surface area (Å²) in [7, 11) is 1.87. The number of carbonyl (C=O) groups is 1. The normalized spacial score (nSPS) is 11.2. The van der Waals surface area contributed by atoms with Gasteiger partial charge in [-0.25, -0.2) is 14.8 Å². The van der Waals surface area contributed by atoms with Crippen LogP contribution in [0.25, 0.3) is 33.5 Å². The van der Waals surface area contributed by atoms with Crippen molar-refractivity contribution in [2.45, 2.75) is 6.92 Å².